The Balaban J connectivity index is 1.32. The van der Waals surface area contributed by atoms with Crippen LogP contribution in [0.3, 0.4) is 0 Å². The maximum atomic E-state index is 14.2. The lowest BCUT2D eigenvalue weighted by Gasteiger charge is -2.40. The summed E-state index contributed by atoms with van der Waals surface area (Å²) < 4.78 is 78.8. The first-order valence-corrected chi connectivity index (χ1v) is 15.6. The van der Waals surface area contributed by atoms with Gasteiger partial charge in [-0.3, -0.25) is 14.7 Å². The van der Waals surface area contributed by atoms with Gasteiger partial charge in [-0.2, -0.15) is 0 Å². The van der Waals surface area contributed by atoms with E-state index in [1.165, 1.54) is 36.4 Å². The number of benzene rings is 2. The van der Waals surface area contributed by atoms with Crippen molar-refractivity contribution in [2.24, 2.45) is 0 Å². The van der Waals surface area contributed by atoms with E-state index in [1.807, 2.05) is 18.2 Å². The third kappa shape index (κ3) is 7.67. The number of likely N-dealkylation sites (tertiary alicyclic amines) is 1. The molecule has 2 aliphatic rings. The second-order valence-electron chi connectivity index (χ2n) is 10.5. The second-order valence-corrected chi connectivity index (χ2v) is 12.8. The number of nitrogens with zero attached hydrogens (tertiary/aromatic N) is 2. The number of hydrogen-bond acceptors (Lipinski definition) is 9. The van der Waals surface area contributed by atoms with E-state index in [-0.39, 0.29) is 29.2 Å². The first-order valence-electron chi connectivity index (χ1n) is 14.1. The van der Waals surface area contributed by atoms with Gasteiger partial charge in [-0.05, 0) is 86.3 Å². The van der Waals surface area contributed by atoms with Crippen molar-refractivity contribution in [1.82, 2.24) is 15.4 Å². The second kappa shape index (κ2) is 13.5. The lowest BCUT2D eigenvalue weighted by Crippen LogP contribution is -2.58. The van der Waals surface area contributed by atoms with Gasteiger partial charge in [0.15, 0.2) is 20.9 Å². The van der Waals surface area contributed by atoms with Crippen LogP contribution < -0.4 is 15.0 Å². The Kier molecular flexibility index (Phi) is 9.73. The van der Waals surface area contributed by atoms with E-state index >= 15 is 0 Å². The summed E-state index contributed by atoms with van der Waals surface area (Å²) in [4.78, 5) is 25.5. The highest BCUT2D eigenvalue weighted by molar-refractivity contribution is 7.93. The van der Waals surface area contributed by atoms with E-state index in [2.05, 4.69) is 20.1 Å². The van der Waals surface area contributed by atoms with Crippen molar-refractivity contribution in [2.75, 3.05) is 19.7 Å². The molecule has 1 atom stereocenters. The third-order valence-electron chi connectivity index (χ3n) is 7.55. The predicted molar refractivity (Wildman–Crippen MR) is 151 cm³/mol. The Hall–Kier alpha value is -3.72. The van der Waals surface area contributed by atoms with Crippen molar-refractivity contribution in [2.45, 2.75) is 60.9 Å². The zero-order chi connectivity index (χ0) is 31.2. The molecule has 1 N–H and O–H groups in total. The normalized spacial score (nSPS) is 19.2. The number of hydrogen-bond donors (Lipinski definition) is 1. The van der Waals surface area contributed by atoms with Crippen LogP contribution in [0.25, 0.3) is 0 Å². The fraction of sp³-hybridized carbons (Fsp3) is 0.400. The van der Waals surface area contributed by atoms with Crippen molar-refractivity contribution in [3.05, 3.63) is 78.6 Å². The van der Waals surface area contributed by atoms with E-state index in [1.54, 1.807) is 6.20 Å². The molecule has 0 aliphatic carbocycles. The molecule has 44 heavy (non-hydrogen) atoms. The first kappa shape index (κ1) is 31.7. The molecule has 10 nitrogen and oxygen atoms in total. The zero-order valence-corrected chi connectivity index (χ0v) is 24.5. The molecular formula is C30H32F3N3O7S. The number of piperidine rings is 1. The number of ether oxygens (including phenoxy) is 3. The van der Waals surface area contributed by atoms with Crippen LogP contribution in [0, 0.1) is 0 Å². The number of halogens is 3. The highest BCUT2D eigenvalue weighted by atomic mass is 32.2. The fourth-order valence-electron chi connectivity index (χ4n) is 5.19. The molecule has 0 radical (unpaired) electrons. The number of rotatable bonds is 10. The number of nitrogens with one attached hydrogen (secondary N) is 1. The highest BCUT2D eigenvalue weighted by Crippen LogP contribution is 2.37. The van der Waals surface area contributed by atoms with Crippen LogP contribution in [-0.4, -0.2) is 61.3 Å². The van der Waals surface area contributed by atoms with E-state index in [9.17, 15) is 26.4 Å². The quantitative estimate of drug-likeness (QED) is 0.302. The summed E-state index contributed by atoms with van der Waals surface area (Å²) in [6.07, 6.45) is -1.40. The minimum Gasteiger partial charge on any atom is -0.457 e. The van der Waals surface area contributed by atoms with Gasteiger partial charge in [0.05, 0.1) is 10.6 Å². The molecule has 14 heteroatoms. The predicted octanol–water partition coefficient (Wildman–Crippen LogP) is 5.16. The number of carbonyl (C=O) groups is 1. The summed E-state index contributed by atoms with van der Waals surface area (Å²) in [5.74, 6) is -0.700. The molecule has 2 saturated heterocycles. The minimum absolute atomic E-state index is 0.0213. The van der Waals surface area contributed by atoms with Crippen LogP contribution >= 0.6 is 0 Å². The van der Waals surface area contributed by atoms with Crippen LogP contribution in [0.2, 0.25) is 0 Å². The maximum Gasteiger partial charge on any atom is 0.573 e. The van der Waals surface area contributed by atoms with Gasteiger partial charge in [-0.15, -0.1) is 13.2 Å². The van der Waals surface area contributed by atoms with Gasteiger partial charge in [0.2, 0.25) is 0 Å². The summed E-state index contributed by atoms with van der Waals surface area (Å²) in [7, 11) is -4.24. The third-order valence-corrected chi connectivity index (χ3v) is 10.1. The monoisotopic (exact) mass is 635 g/mol. The van der Waals surface area contributed by atoms with E-state index < -0.39 is 38.9 Å². The largest absolute Gasteiger partial charge is 0.573 e. The van der Waals surface area contributed by atoms with Crippen molar-refractivity contribution in [1.29, 1.82) is 0 Å². The Morgan fingerprint density at radius 1 is 0.977 bits per heavy atom. The molecule has 2 aromatic carbocycles. The molecule has 1 amide bonds. The molecule has 2 aliphatic heterocycles. The molecule has 2 fully saturated rings. The summed E-state index contributed by atoms with van der Waals surface area (Å²) in [5, 5.41) is 0. The maximum absolute atomic E-state index is 14.2. The lowest BCUT2D eigenvalue weighted by atomic mass is 9.94. The number of hydroxylamine groups is 1. The van der Waals surface area contributed by atoms with Crippen molar-refractivity contribution in [3.63, 3.8) is 0 Å². The smallest absolute Gasteiger partial charge is 0.457 e. The van der Waals surface area contributed by atoms with Gasteiger partial charge in [0.25, 0.3) is 5.91 Å². The van der Waals surface area contributed by atoms with Crippen molar-refractivity contribution in [3.8, 4) is 17.2 Å². The van der Waals surface area contributed by atoms with Crippen LogP contribution in [0.1, 0.15) is 37.8 Å². The van der Waals surface area contributed by atoms with E-state index in [0.717, 1.165) is 30.7 Å². The fourth-order valence-corrected chi connectivity index (χ4v) is 7.14. The molecule has 3 aromatic rings. The summed E-state index contributed by atoms with van der Waals surface area (Å²) >= 11 is 0. The Morgan fingerprint density at radius 2 is 1.64 bits per heavy atom. The molecule has 3 heterocycles. The summed E-state index contributed by atoms with van der Waals surface area (Å²) in [6.45, 7) is 1.67. The van der Waals surface area contributed by atoms with Gasteiger partial charge in [0.1, 0.15) is 17.2 Å². The van der Waals surface area contributed by atoms with Crippen molar-refractivity contribution < 1.29 is 45.4 Å². The average molecular weight is 636 g/mol. The molecule has 236 valence electrons. The van der Waals surface area contributed by atoms with Gasteiger partial charge < -0.3 is 14.2 Å². The average Bonchev–Trinajstić information content (AvgIpc) is 3.02. The Bertz CT molecular complexity index is 1490. The van der Waals surface area contributed by atoms with E-state index in [0.29, 0.717) is 32.7 Å². The SMILES string of the molecule is O=C(NOC1CCCCO1)C1(S(=O)(=O)c2ccc(Oc3ccc(OC(F)(F)F)cc3)cc2)CCN(Cc2ccccn2)CC1. The molecule has 0 saturated carbocycles. The molecule has 1 unspecified atom stereocenters. The summed E-state index contributed by atoms with van der Waals surface area (Å²) in [5.41, 5.74) is 3.22. The van der Waals surface area contributed by atoms with Gasteiger partial charge in [-0.25, -0.2) is 18.7 Å². The van der Waals surface area contributed by atoms with Gasteiger partial charge in [-0.1, -0.05) is 6.07 Å². The van der Waals surface area contributed by atoms with Crippen LogP contribution in [-0.2, 0) is 30.8 Å². The Morgan fingerprint density at radius 3 is 2.23 bits per heavy atom. The van der Waals surface area contributed by atoms with Crippen molar-refractivity contribution >= 4 is 15.7 Å². The first-order chi connectivity index (χ1) is 21.0. The number of aromatic nitrogens is 1. The topological polar surface area (TPSA) is 116 Å². The molecule has 5 rings (SSSR count). The number of amides is 1. The number of sulfone groups is 1. The lowest BCUT2D eigenvalue weighted by molar-refractivity contribution is -0.274. The zero-order valence-electron chi connectivity index (χ0n) is 23.7. The molecule has 1 aromatic heterocycles. The van der Waals surface area contributed by atoms with Gasteiger partial charge >= 0.3 is 6.36 Å². The molecule has 0 bridgehead atoms. The Labute approximate surface area is 252 Å². The number of carbonyl (C=O) groups excluding carboxylic acids is 1. The van der Waals surface area contributed by atoms with Crippen LogP contribution in [0.4, 0.5) is 13.2 Å². The summed E-state index contributed by atoms with van der Waals surface area (Å²) in [6, 6.07) is 15.9. The minimum atomic E-state index is -4.82. The van der Waals surface area contributed by atoms with Crippen LogP contribution in [0.5, 0.6) is 17.2 Å². The standard InChI is InChI=1S/C30H32F3N3O7S/c31-30(32,33)42-25-9-7-23(8-10-25)41-24-11-13-26(14-12-24)44(38,39)29(28(37)35-43-27-6-2-4-20-40-27)15-18-36(19-16-29)21-22-5-1-3-17-34-22/h1,3,5,7-14,17,27H,2,4,6,15-16,18-21H2,(H,35,37). The van der Waals surface area contributed by atoms with Crippen LogP contribution in [0.15, 0.2) is 77.8 Å². The highest BCUT2D eigenvalue weighted by Gasteiger charge is 2.53. The molecular weight excluding hydrogens is 603 g/mol. The molecule has 0 spiro atoms. The number of pyridine rings is 1. The van der Waals surface area contributed by atoms with E-state index in [4.69, 9.17) is 14.3 Å². The van der Waals surface area contributed by atoms with Gasteiger partial charge in [0, 0.05) is 38.9 Å². The number of alkyl halides is 3.